The molecule has 0 radical (unpaired) electrons. The number of pyridine rings is 1. The van der Waals surface area contributed by atoms with Crippen molar-refractivity contribution in [3.05, 3.63) is 67.0 Å². The first-order chi connectivity index (χ1) is 8.12. The quantitative estimate of drug-likeness (QED) is 0.834. The lowest BCUT2D eigenvalue weighted by atomic mass is 10.3. The summed E-state index contributed by atoms with van der Waals surface area (Å²) in [6.45, 7) is 3.65. The van der Waals surface area contributed by atoms with Crippen LogP contribution in [0.3, 0.4) is 0 Å². The van der Waals surface area contributed by atoms with E-state index in [1.54, 1.807) is 48.7 Å². The Labute approximate surface area is 100 Å². The standard InChI is InChI=1S/C13H11NO2S/c1-11(12-6-5-9-14-10-12)17(15,16)13-7-3-2-4-8-13/h2-10H,1H2. The second-order valence-electron chi connectivity index (χ2n) is 3.48. The molecule has 86 valence electrons. The summed E-state index contributed by atoms with van der Waals surface area (Å²) < 4.78 is 24.4. The van der Waals surface area contributed by atoms with Crippen molar-refractivity contribution in [2.45, 2.75) is 4.90 Å². The van der Waals surface area contributed by atoms with Crippen molar-refractivity contribution in [1.29, 1.82) is 0 Å². The lowest BCUT2D eigenvalue weighted by Gasteiger charge is -2.07. The third kappa shape index (κ3) is 2.26. The smallest absolute Gasteiger partial charge is 0.206 e. The molecule has 0 saturated carbocycles. The molecule has 2 rings (SSSR count). The molecule has 17 heavy (non-hydrogen) atoms. The lowest BCUT2D eigenvalue weighted by molar-refractivity contribution is 0.606. The maximum absolute atomic E-state index is 12.2. The van der Waals surface area contributed by atoms with Gasteiger partial charge in [0.15, 0.2) is 0 Å². The van der Waals surface area contributed by atoms with Gasteiger partial charge in [-0.25, -0.2) is 8.42 Å². The van der Waals surface area contributed by atoms with Crippen LogP contribution in [0.4, 0.5) is 0 Å². The van der Waals surface area contributed by atoms with E-state index in [2.05, 4.69) is 11.6 Å². The highest BCUT2D eigenvalue weighted by molar-refractivity contribution is 8.00. The minimum atomic E-state index is -3.53. The van der Waals surface area contributed by atoms with Crippen molar-refractivity contribution in [2.75, 3.05) is 0 Å². The van der Waals surface area contributed by atoms with E-state index < -0.39 is 9.84 Å². The van der Waals surface area contributed by atoms with Gasteiger partial charge >= 0.3 is 0 Å². The summed E-state index contributed by atoms with van der Waals surface area (Å²) in [5, 5.41) is 0. The normalized spacial score (nSPS) is 11.1. The zero-order valence-corrected chi connectivity index (χ0v) is 9.89. The largest absolute Gasteiger partial charge is 0.264 e. The highest BCUT2D eigenvalue weighted by atomic mass is 32.2. The van der Waals surface area contributed by atoms with Crippen molar-refractivity contribution in [3.63, 3.8) is 0 Å². The number of rotatable bonds is 3. The first kappa shape index (κ1) is 11.5. The van der Waals surface area contributed by atoms with Crippen molar-refractivity contribution >= 4 is 14.7 Å². The fourth-order valence-corrected chi connectivity index (χ4v) is 2.66. The van der Waals surface area contributed by atoms with Crippen LogP contribution >= 0.6 is 0 Å². The van der Waals surface area contributed by atoms with Crippen LogP contribution < -0.4 is 0 Å². The predicted molar refractivity (Wildman–Crippen MR) is 66.9 cm³/mol. The van der Waals surface area contributed by atoms with Gasteiger partial charge < -0.3 is 0 Å². The van der Waals surface area contributed by atoms with E-state index in [-0.39, 0.29) is 9.80 Å². The zero-order valence-electron chi connectivity index (χ0n) is 9.08. The molecule has 1 heterocycles. The molecular weight excluding hydrogens is 234 g/mol. The number of hydrogen-bond donors (Lipinski definition) is 0. The molecule has 1 aromatic heterocycles. The molecule has 3 nitrogen and oxygen atoms in total. The van der Waals surface area contributed by atoms with E-state index in [9.17, 15) is 8.42 Å². The number of sulfone groups is 1. The van der Waals surface area contributed by atoms with E-state index in [1.807, 2.05) is 0 Å². The Bertz CT molecular complexity index is 619. The Balaban J connectivity index is 2.45. The first-order valence-electron chi connectivity index (χ1n) is 5.02. The summed E-state index contributed by atoms with van der Waals surface area (Å²) in [6, 6.07) is 11.6. The Hall–Kier alpha value is -1.94. The van der Waals surface area contributed by atoms with Gasteiger partial charge in [0.1, 0.15) is 0 Å². The van der Waals surface area contributed by atoms with Crippen molar-refractivity contribution in [3.8, 4) is 0 Å². The molecule has 0 unspecified atom stereocenters. The monoisotopic (exact) mass is 245 g/mol. The Morgan fingerprint density at radius 1 is 1.06 bits per heavy atom. The molecule has 0 fully saturated rings. The average Bonchev–Trinajstić information content (AvgIpc) is 2.40. The molecule has 0 aliphatic rings. The first-order valence-corrected chi connectivity index (χ1v) is 6.50. The SMILES string of the molecule is C=C(c1cccnc1)S(=O)(=O)c1ccccc1. The van der Waals surface area contributed by atoms with Crippen LogP contribution in [-0.4, -0.2) is 13.4 Å². The number of hydrogen-bond acceptors (Lipinski definition) is 3. The van der Waals surface area contributed by atoms with Gasteiger partial charge in [0.2, 0.25) is 9.84 Å². The summed E-state index contributed by atoms with van der Waals surface area (Å²) >= 11 is 0. The van der Waals surface area contributed by atoms with Gasteiger partial charge in [-0.15, -0.1) is 0 Å². The summed E-state index contributed by atoms with van der Waals surface area (Å²) in [7, 11) is -3.53. The van der Waals surface area contributed by atoms with Crippen molar-refractivity contribution in [1.82, 2.24) is 4.98 Å². The lowest BCUT2D eigenvalue weighted by Crippen LogP contribution is -2.03. The molecule has 2 aromatic rings. The van der Waals surface area contributed by atoms with Gasteiger partial charge in [0, 0.05) is 18.0 Å². The van der Waals surface area contributed by atoms with E-state index in [1.165, 1.54) is 6.20 Å². The van der Waals surface area contributed by atoms with Crippen LogP contribution in [0.15, 0.2) is 66.3 Å². The molecular formula is C13H11NO2S. The number of nitrogens with zero attached hydrogens (tertiary/aromatic N) is 1. The zero-order chi connectivity index (χ0) is 12.3. The topological polar surface area (TPSA) is 47.0 Å². The third-order valence-corrected chi connectivity index (χ3v) is 4.14. The molecule has 0 N–H and O–H groups in total. The highest BCUT2D eigenvalue weighted by Crippen LogP contribution is 2.25. The second kappa shape index (κ2) is 4.51. The Kier molecular flexibility index (Phi) is 3.06. The Morgan fingerprint density at radius 3 is 2.35 bits per heavy atom. The maximum atomic E-state index is 12.2. The number of aromatic nitrogens is 1. The van der Waals surface area contributed by atoms with E-state index >= 15 is 0 Å². The van der Waals surface area contributed by atoms with Crippen LogP contribution in [0.25, 0.3) is 4.91 Å². The van der Waals surface area contributed by atoms with Crippen molar-refractivity contribution in [2.24, 2.45) is 0 Å². The van der Waals surface area contributed by atoms with Gasteiger partial charge in [-0.2, -0.15) is 0 Å². The van der Waals surface area contributed by atoms with Gasteiger partial charge in [-0.3, -0.25) is 4.98 Å². The van der Waals surface area contributed by atoms with E-state index in [0.717, 1.165) is 0 Å². The van der Waals surface area contributed by atoms with Crippen LogP contribution in [-0.2, 0) is 9.84 Å². The summed E-state index contributed by atoms with van der Waals surface area (Å²) in [5.74, 6) is 0. The second-order valence-corrected chi connectivity index (χ2v) is 5.45. The molecule has 1 aromatic carbocycles. The molecule has 0 atom stereocenters. The molecule has 0 aliphatic heterocycles. The number of benzene rings is 1. The molecule has 0 bridgehead atoms. The molecule has 0 aliphatic carbocycles. The Morgan fingerprint density at radius 2 is 1.76 bits per heavy atom. The highest BCUT2D eigenvalue weighted by Gasteiger charge is 2.19. The molecule has 4 heteroatoms. The minimum absolute atomic E-state index is 0.0665. The van der Waals surface area contributed by atoms with Crippen LogP contribution in [0, 0.1) is 0 Å². The van der Waals surface area contributed by atoms with E-state index in [4.69, 9.17) is 0 Å². The van der Waals surface area contributed by atoms with Crippen LogP contribution in [0.5, 0.6) is 0 Å². The van der Waals surface area contributed by atoms with Gasteiger partial charge in [-0.1, -0.05) is 30.8 Å². The van der Waals surface area contributed by atoms with Gasteiger partial charge in [-0.05, 0) is 18.2 Å². The molecule has 0 saturated heterocycles. The van der Waals surface area contributed by atoms with Gasteiger partial charge in [0.25, 0.3) is 0 Å². The van der Waals surface area contributed by atoms with E-state index in [0.29, 0.717) is 5.56 Å². The minimum Gasteiger partial charge on any atom is -0.264 e. The fourth-order valence-electron chi connectivity index (χ4n) is 1.42. The van der Waals surface area contributed by atoms with Gasteiger partial charge in [0.05, 0.1) is 9.80 Å². The van der Waals surface area contributed by atoms with Crippen molar-refractivity contribution < 1.29 is 8.42 Å². The summed E-state index contributed by atoms with van der Waals surface area (Å²) in [5.41, 5.74) is 0.511. The summed E-state index contributed by atoms with van der Waals surface area (Å²) in [4.78, 5) is 4.20. The van der Waals surface area contributed by atoms with Crippen LogP contribution in [0.2, 0.25) is 0 Å². The predicted octanol–water partition coefficient (Wildman–Crippen LogP) is 2.53. The fraction of sp³-hybridized carbons (Fsp3) is 0. The molecule has 0 spiro atoms. The molecule has 0 amide bonds. The van der Waals surface area contributed by atoms with Crippen LogP contribution in [0.1, 0.15) is 5.56 Å². The average molecular weight is 245 g/mol. The maximum Gasteiger partial charge on any atom is 0.206 e. The summed E-state index contributed by atoms with van der Waals surface area (Å²) in [6.07, 6.45) is 3.08. The third-order valence-electron chi connectivity index (χ3n) is 2.36.